The summed E-state index contributed by atoms with van der Waals surface area (Å²) in [5.74, 6) is -2.69. The molecule has 0 saturated carbocycles. The number of carboxylic acids is 1. The number of nitrogens with one attached hydrogen (secondary N) is 2. The van der Waals surface area contributed by atoms with Crippen LogP contribution in [0.3, 0.4) is 0 Å². The van der Waals surface area contributed by atoms with E-state index in [2.05, 4.69) is 15.6 Å². The number of rotatable bonds is 8. The summed E-state index contributed by atoms with van der Waals surface area (Å²) in [5, 5.41) is 15.2. The van der Waals surface area contributed by atoms with Crippen LogP contribution in [0.2, 0.25) is 0 Å². The lowest BCUT2D eigenvalue weighted by Crippen LogP contribution is -2.44. The minimum absolute atomic E-state index is 0.166. The second-order valence-corrected chi connectivity index (χ2v) is 9.43. The first kappa shape index (κ1) is 25.1. The highest BCUT2D eigenvalue weighted by Crippen LogP contribution is 2.33. The number of benzene rings is 3. The Balaban J connectivity index is 1.56. The van der Waals surface area contributed by atoms with Crippen LogP contribution >= 0.6 is 11.3 Å². The zero-order chi connectivity index (χ0) is 26.0. The predicted octanol–water partition coefficient (Wildman–Crippen LogP) is 5.83. The van der Waals surface area contributed by atoms with E-state index in [1.54, 1.807) is 44.2 Å². The van der Waals surface area contributed by atoms with E-state index in [1.165, 1.54) is 42.7 Å². The second kappa shape index (κ2) is 10.3. The van der Waals surface area contributed by atoms with Crippen molar-refractivity contribution in [3.05, 3.63) is 71.8 Å². The lowest BCUT2D eigenvalue weighted by Gasteiger charge is -2.19. The van der Waals surface area contributed by atoms with E-state index in [0.29, 0.717) is 26.5 Å². The molecule has 0 aliphatic rings. The zero-order valence-corrected chi connectivity index (χ0v) is 20.5. The number of ether oxygens (including phenoxy) is 1. The van der Waals surface area contributed by atoms with Gasteiger partial charge in [0.15, 0.2) is 5.13 Å². The van der Waals surface area contributed by atoms with Crippen molar-refractivity contribution in [2.24, 2.45) is 5.92 Å². The number of aliphatic carboxylic acids is 1. The lowest BCUT2D eigenvalue weighted by molar-refractivity contribution is -0.140. The van der Waals surface area contributed by atoms with Crippen molar-refractivity contribution >= 4 is 44.2 Å². The number of carbonyl (C=O) groups excluding carboxylic acids is 1. The predicted molar refractivity (Wildman–Crippen MR) is 135 cm³/mol. The van der Waals surface area contributed by atoms with E-state index in [1.807, 2.05) is 0 Å². The number of amides is 1. The summed E-state index contributed by atoms with van der Waals surface area (Å²) < 4.78 is 34.4. The molecule has 0 bridgehead atoms. The number of aromatic nitrogens is 1. The molecular weight excluding hydrogens is 488 g/mol. The number of thiazole rings is 1. The van der Waals surface area contributed by atoms with Crippen molar-refractivity contribution in [2.75, 3.05) is 12.4 Å². The SMILES string of the molecule is COc1cc(-c2ccc(Nc3nc4ccc(F)cc4s3)c(F)c2)ccc1C(=O)N[C@H](C(=O)O)C(C)C. The Morgan fingerprint density at radius 1 is 1.03 bits per heavy atom. The van der Waals surface area contributed by atoms with Crippen molar-refractivity contribution in [1.29, 1.82) is 0 Å². The van der Waals surface area contributed by atoms with Crippen molar-refractivity contribution < 1.29 is 28.2 Å². The standard InChI is InChI=1S/C26H23F2N3O4S/c1-13(2)23(25(33)34)31-24(32)17-7-4-15(11-21(17)35-3)14-5-8-19(18(28)10-14)29-26-30-20-9-6-16(27)12-22(20)36-26/h4-13,23H,1-3H3,(H,29,30)(H,31,32)(H,33,34)/t23-/m0/s1. The van der Waals surface area contributed by atoms with Gasteiger partial charge in [0.2, 0.25) is 0 Å². The van der Waals surface area contributed by atoms with Crippen LogP contribution in [0.25, 0.3) is 21.3 Å². The van der Waals surface area contributed by atoms with Crippen LogP contribution < -0.4 is 15.4 Å². The number of halogens is 2. The van der Waals surface area contributed by atoms with Gasteiger partial charge in [-0.25, -0.2) is 18.6 Å². The molecule has 1 atom stereocenters. The Morgan fingerprint density at radius 2 is 1.75 bits per heavy atom. The van der Waals surface area contributed by atoms with E-state index in [-0.39, 0.29) is 28.7 Å². The van der Waals surface area contributed by atoms with E-state index in [9.17, 15) is 23.5 Å². The molecule has 0 aliphatic carbocycles. The van der Waals surface area contributed by atoms with Gasteiger partial charge in [-0.3, -0.25) is 4.79 Å². The van der Waals surface area contributed by atoms with Crippen molar-refractivity contribution in [1.82, 2.24) is 10.3 Å². The summed E-state index contributed by atoms with van der Waals surface area (Å²) in [6.45, 7) is 3.40. The fourth-order valence-corrected chi connectivity index (χ4v) is 4.56. The fourth-order valence-electron chi connectivity index (χ4n) is 3.65. The largest absolute Gasteiger partial charge is 0.496 e. The summed E-state index contributed by atoms with van der Waals surface area (Å²) in [4.78, 5) is 28.5. The van der Waals surface area contributed by atoms with Gasteiger partial charge in [0.25, 0.3) is 5.91 Å². The molecular formula is C26H23F2N3O4S. The van der Waals surface area contributed by atoms with Gasteiger partial charge < -0.3 is 20.5 Å². The summed E-state index contributed by atoms with van der Waals surface area (Å²) in [6, 6.07) is 12.5. The van der Waals surface area contributed by atoms with Crippen LogP contribution in [0, 0.1) is 17.6 Å². The summed E-state index contributed by atoms with van der Waals surface area (Å²) >= 11 is 1.21. The van der Waals surface area contributed by atoms with Gasteiger partial charge in [0, 0.05) is 0 Å². The maximum atomic E-state index is 14.9. The quantitative estimate of drug-likeness (QED) is 0.275. The van der Waals surface area contributed by atoms with Crippen molar-refractivity contribution in [3.8, 4) is 16.9 Å². The molecule has 3 N–H and O–H groups in total. The third kappa shape index (κ3) is 5.28. The van der Waals surface area contributed by atoms with Gasteiger partial charge in [0.1, 0.15) is 23.4 Å². The fraction of sp³-hybridized carbons (Fsp3) is 0.192. The number of hydrogen-bond acceptors (Lipinski definition) is 6. The van der Waals surface area contributed by atoms with Gasteiger partial charge >= 0.3 is 5.97 Å². The Kier molecular flexibility index (Phi) is 7.16. The number of anilines is 2. The Bertz CT molecular complexity index is 1450. The molecule has 0 saturated heterocycles. The Morgan fingerprint density at radius 3 is 2.42 bits per heavy atom. The molecule has 186 valence electrons. The van der Waals surface area contributed by atoms with Crippen LogP contribution in [-0.4, -0.2) is 35.1 Å². The number of nitrogens with zero attached hydrogens (tertiary/aromatic N) is 1. The van der Waals surface area contributed by atoms with Crippen LogP contribution in [0.5, 0.6) is 5.75 Å². The number of methoxy groups -OCH3 is 1. The molecule has 7 nitrogen and oxygen atoms in total. The van der Waals surface area contributed by atoms with Crippen LogP contribution in [-0.2, 0) is 4.79 Å². The molecule has 1 aromatic heterocycles. The number of hydrogen-bond donors (Lipinski definition) is 3. The topological polar surface area (TPSA) is 101 Å². The number of carboxylic acid groups (broad SMARTS) is 1. The molecule has 0 unspecified atom stereocenters. The summed E-state index contributed by atoms with van der Waals surface area (Å²) in [6.07, 6.45) is 0. The normalized spacial score (nSPS) is 11.9. The van der Waals surface area contributed by atoms with Crippen LogP contribution in [0.4, 0.5) is 19.6 Å². The van der Waals surface area contributed by atoms with Gasteiger partial charge in [-0.2, -0.15) is 0 Å². The first-order chi connectivity index (χ1) is 17.2. The minimum atomic E-state index is -1.13. The molecule has 0 spiro atoms. The molecule has 36 heavy (non-hydrogen) atoms. The summed E-state index contributed by atoms with van der Waals surface area (Å²) in [5.41, 5.74) is 2.12. The van der Waals surface area contributed by atoms with Crippen LogP contribution in [0.15, 0.2) is 54.6 Å². The molecule has 10 heteroatoms. The third-order valence-electron chi connectivity index (χ3n) is 5.56. The molecule has 3 aromatic carbocycles. The average molecular weight is 512 g/mol. The number of fused-ring (bicyclic) bond motifs is 1. The highest BCUT2D eigenvalue weighted by Gasteiger charge is 2.25. The van der Waals surface area contributed by atoms with E-state index in [4.69, 9.17) is 4.74 Å². The lowest BCUT2D eigenvalue weighted by atomic mass is 10.0. The highest BCUT2D eigenvalue weighted by atomic mass is 32.1. The maximum Gasteiger partial charge on any atom is 0.326 e. The monoisotopic (exact) mass is 511 g/mol. The first-order valence-corrected chi connectivity index (χ1v) is 11.8. The molecule has 0 aliphatic heterocycles. The molecule has 1 heterocycles. The molecule has 4 aromatic rings. The highest BCUT2D eigenvalue weighted by molar-refractivity contribution is 7.22. The third-order valence-corrected chi connectivity index (χ3v) is 6.49. The van der Waals surface area contributed by atoms with Crippen LogP contribution in [0.1, 0.15) is 24.2 Å². The molecule has 0 radical (unpaired) electrons. The van der Waals surface area contributed by atoms with Gasteiger partial charge in [0.05, 0.1) is 28.6 Å². The minimum Gasteiger partial charge on any atom is -0.496 e. The Labute approximate surface area is 209 Å². The van der Waals surface area contributed by atoms with E-state index < -0.39 is 23.7 Å². The zero-order valence-electron chi connectivity index (χ0n) is 19.6. The molecule has 1 amide bonds. The van der Waals surface area contributed by atoms with Crippen molar-refractivity contribution in [3.63, 3.8) is 0 Å². The van der Waals surface area contributed by atoms with Crippen molar-refractivity contribution in [2.45, 2.75) is 19.9 Å². The van der Waals surface area contributed by atoms with Gasteiger partial charge in [-0.05, 0) is 59.5 Å². The maximum absolute atomic E-state index is 14.9. The molecule has 4 rings (SSSR count). The van der Waals surface area contributed by atoms with Gasteiger partial charge in [-0.15, -0.1) is 0 Å². The first-order valence-electron chi connectivity index (χ1n) is 11.0. The smallest absolute Gasteiger partial charge is 0.326 e. The second-order valence-electron chi connectivity index (χ2n) is 8.40. The molecule has 0 fully saturated rings. The summed E-state index contributed by atoms with van der Waals surface area (Å²) in [7, 11) is 1.39. The van der Waals surface area contributed by atoms with Gasteiger partial charge in [-0.1, -0.05) is 37.3 Å². The Hall–Kier alpha value is -4.05. The van der Waals surface area contributed by atoms with E-state index in [0.717, 1.165) is 0 Å². The number of carbonyl (C=O) groups is 2. The average Bonchev–Trinajstić information content (AvgIpc) is 3.24. The van der Waals surface area contributed by atoms with E-state index >= 15 is 0 Å².